The molecule has 1 aromatic carbocycles. The number of nitrogens with zero attached hydrogens (tertiary/aromatic N) is 1. The van der Waals surface area contributed by atoms with E-state index in [1.54, 1.807) is 6.20 Å². The molecular formula is C15H16F3N3. The fraction of sp³-hybridized carbons (Fsp3) is 0.400. The van der Waals surface area contributed by atoms with Crippen LogP contribution in [0.4, 0.5) is 13.2 Å². The molecule has 3 nitrogen and oxygen atoms in total. The van der Waals surface area contributed by atoms with Crippen LogP contribution in [-0.4, -0.2) is 22.6 Å². The standard InChI is InChI=1S/C15H16F3N3/c16-15(17,18)11-3-1-10(2-4-11)13-9-20-14(21-13)7-8-19-12-5-6-12/h1-4,9,12,19H,5-8H2,(H,20,21). The first kappa shape index (κ1) is 14.1. The number of nitrogens with one attached hydrogen (secondary N) is 2. The molecule has 0 bridgehead atoms. The molecule has 1 aliphatic carbocycles. The normalized spacial score (nSPS) is 15.4. The SMILES string of the molecule is FC(F)(F)c1ccc(-c2cnc(CCNC3CC3)[nH]2)cc1. The van der Waals surface area contributed by atoms with Gasteiger partial charge in [0.05, 0.1) is 17.5 Å². The van der Waals surface area contributed by atoms with Crippen LogP contribution in [0.3, 0.4) is 0 Å². The van der Waals surface area contributed by atoms with Crippen molar-refractivity contribution < 1.29 is 13.2 Å². The lowest BCUT2D eigenvalue weighted by Gasteiger charge is -2.06. The second-order valence-electron chi connectivity index (χ2n) is 5.30. The van der Waals surface area contributed by atoms with Gasteiger partial charge in [-0.25, -0.2) is 4.98 Å². The quantitative estimate of drug-likeness (QED) is 0.887. The highest BCUT2D eigenvalue weighted by molar-refractivity contribution is 5.59. The second-order valence-corrected chi connectivity index (χ2v) is 5.30. The van der Waals surface area contributed by atoms with Crippen molar-refractivity contribution in [3.05, 3.63) is 41.9 Å². The summed E-state index contributed by atoms with van der Waals surface area (Å²) in [5.41, 5.74) is 0.807. The smallest absolute Gasteiger partial charge is 0.342 e. The van der Waals surface area contributed by atoms with Gasteiger partial charge in [-0.3, -0.25) is 0 Å². The monoisotopic (exact) mass is 295 g/mol. The van der Waals surface area contributed by atoms with Crippen LogP contribution in [0.2, 0.25) is 0 Å². The summed E-state index contributed by atoms with van der Waals surface area (Å²) in [4.78, 5) is 7.41. The summed E-state index contributed by atoms with van der Waals surface area (Å²) in [5, 5.41) is 3.39. The number of hydrogen-bond acceptors (Lipinski definition) is 2. The molecule has 1 saturated carbocycles. The van der Waals surface area contributed by atoms with E-state index >= 15 is 0 Å². The molecular weight excluding hydrogens is 279 g/mol. The van der Waals surface area contributed by atoms with E-state index in [9.17, 15) is 13.2 Å². The van der Waals surface area contributed by atoms with E-state index < -0.39 is 11.7 Å². The molecule has 0 aliphatic heterocycles. The van der Waals surface area contributed by atoms with Crippen LogP contribution in [0.15, 0.2) is 30.5 Å². The molecule has 0 atom stereocenters. The van der Waals surface area contributed by atoms with Gasteiger partial charge in [0.25, 0.3) is 0 Å². The number of halogens is 3. The van der Waals surface area contributed by atoms with Crippen molar-refractivity contribution in [1.82, 2.24) is 15.3 Å². The Morgan fingerprint density at radius 2 is 1.90 bits per heavy atom. The number of aromatic amines is 1. The number of hydrogen-bond donors (Lipinski definition) is 2. The minimum Gasteiger partial charge on any atom is -0.342 e. The predicted octanol–water partition coefficient (Wildman–Crippen LogP) is 3.39. The number of aromatic nitrogens is 2. The lowest BCUT2D eigenvalue weighted by Crippen LogP contribution is -2.19. The molecule has 112 valence electrons. The zero-order valence-electron chi connectivity index (χ0n) is 11.4. The van der Waals surface area contributed by atoms with Crippen LogP contribution in [0.1, 0.15) is 24.2 Å². The summed E-state index contributed by atoms with van der Waals surface area (Å²) >= 11 is 0. The fourth-order valence-electron chi connectivity index (χ4n) is 2.16. The number of benzene rings is 1. The molecule has 1 fully saturated rings. The maximum absolute atomic E-state index is 12.5. The lowest BCUT2D eigenvalue weighted by atomic mass is 10.1. The van der Waals surface area contributed by atoms with Crippen molar-refractivity contribution in [1.29, 1.82) is 0 Å². The lowest BCUT2D eigenvalue weighted by molar-refractivity contribution is -0.137. The minimum absolute atomic E-state index is 0.639. The van der Waals surface area contributed by atoms with Gasteiger partial charge in [0.1, 0.15) is 5.82 Å². The van der Waals surface area contributed by atoms with Crippen molar-refractivity contribution in [3.63, 3.8) is 0 Å². The van der Waals surface area contributed by atoms with Gasteiger partial charge in [-0.15, -0.1) is 0 Å². The highest BCUT2D eigenvalue weighted by Gasteiger charge is 2.30. The van der Waals surface area contributed by atoms with E-state index in [0.717, 1.165) is 36.6 Å². The number of alkyl halides is 3. The third kappa shape index (κ3) is 3.64. The van der Waals surface area contributed by atoms with Crippen LogP contribution in [-0.2, 0) is 12.6 Å². The van der Waals surface area contributed by atoms with Gasteiger partial charge in [0, 0.05) is 19.0 Å². The van der Waals surface area contributed by atoms with E-state index in [0.29, 0.717) is 11.6 Å². The van der Waals surface area contributed by atoms with E-state index in [-0.39, 0.29) is 0 Å². The van der Waals surface area contributed by atoms with Gasteiger partial charge in [0.2, 0.25) is 0 Å². The maximum atomic E-state index is 12.5. The van der Waals surface area contributed by atoms with Gasteiger partial charge in [0.15, 0.2) is 0 Å². The average molecular weight is 295 g/mol. The maximum Gasteiger partial charge on any atom is 0.416 e. The Kier molecular flexibility index (Phi) is 3.71. The van der Waals surface area contributed by atoms with E-state index in [4.69, 9.17) is 0 Å². The van der Waals surface area contributed by atoms with Gasteiger partial charge in [-0.05, 0) is 30.5 Å². The molecule has 1 heterocycles. The number of rotatable bonds is 5. The van der Waals surface area contributed by atoms with E-state index in [1.807, 2.05) is 0 Å². The first-order chi connectivity index (χ1) is 10.0. The molecule has 0 radical (unpaired) electrons. The van der Waals surface area contributed by atoms with E-state index in [1.165, 1.54) is 25.0 Å². The van der Waals surface area contributed by atoms with Crippen molar-refractivity contribution >= 4 is 0 Å². The van der Waals surface area contributed by atoms with E-state index in [2.05, 4.69) is 15.3 Å². The second kappa shape index (κ2) is 5.52. The zero-order chi connectivity index (χ0) is 14.9. The van der Waals surface area contributed by atoms with Crippen molar-refractivity contribution in [2.75, 3.05) is 6.54 Å². The Morgan fingerprint density at radius 3 is 2.52 bits per heavy atom. The van der Waals surface area contributed by atoms with Gasteiger partial charge < -0.3 is 10.3 Å². The third-order valence-corrected chi connectivity index (χ3v) is 3.52. The molecule has 3 rings (SSSR count). The Labute approximate surface area is 120 Å². The summed E-state index contributed by atoms with van der Waals surface area (Å²) in [7, 11) is 0. The van der Waals surface area contributed by atoms with Crippen LogP contribution >= 0.6 is 0 Å². The van der Waals surface area contributed by atoms with Crippen LogP contribution in [0.25, 0.3) is 11.3 Å². The molecule has 2 N–H and O–H groups in total. The molecule has 0 amide bonds. The molecule has 1 aliphatic rings. The largest absolute Gasteiger partial charge is 0.416 e. The Bertz CT molecular complexity index is 597. The minimum atomic E-state index is -4.30. The Morgan fingerprint density at radius 1 is 1.19 bits per heavy atom. The number of imidazole rings is 1. The molecule has 2 aromatic rings. The number of H-pyrrole nitrogens is 1. The van der Waals surface area contributed by atoms with Crippen molar-refractivity contribution in [3.8, 4) is 11.3 Å². The Balaban J connectivity index is 1.64. The van der Waals surface area contributed by atoms with Crippen LogP contribution < -0.4 is 5.32 Å². The first-order valence-corrected chi connectivity index (χ1v) is 6.97. The zero-order valence-corrected chi connectivity index (χ0v) is 11.4. The molecule has 0 saturated heterocycles. The predicted molar refractivity (Wildman–Crippen MR) is 73.8 cm³/mol. The highest BCUT2D eigenvalue weighted by atomic mass is 19.4. The topological polar surface area (TPSA) is 40.7 Å². The average Bonchev–Trinajstić information content (AvgIpc) is 3.14. The summed E-state index contributed by atoms with van der Waals surface area (Å²) in [6, 6.07) is 5.76. The van der Waals surface area contributed by atoms with Gasteiger partial charge >= 0.3 is 6.18 Å². The highest BCUT2D eigenvalue weighted by Crippen LogP contribution is 2.30. The summed E-state index contributed by atoms with van der Waals surface area (Å²) in [6.45, 7) is 0.866. The summed E-state index contributed by atoms with van der Waals surface area (Å²) < 4.78 is 37.5. The third-order valence-electron chi connectivity index (χ3n) is 3.52. The van der Waals surface area contributed by atoms with Crippen molar-refractivity contribution in [2.45, 2.75) is 31.5 Å². The molecule has 0 spiro atoms. The van der Waals surface area contributed by atoms with Crippen LogP contribution in [0.5, 0.6) is 0 Å². The summed E-state index contributed by atoms with van der Waals surface area (Å²) in [5.74, 6) is 0.845. The van der Waals surface area contributed by atoms with Gasteiger partial charge in [-0.1, -0.05) is 12.1 Å². The van der Waals surface area contributed by atoms with Crippen LogP contribution in [0, 0.1) is 0 Å². The summed E-state index contributed by atoms with van der Waals surface area (Å²) in [6.07, 6.45) is 0.641. The molecule has 0 unspecified atom stereocenters. The molecule has 21 heavy (non-hydrogen) atoms. The Hall–Kier alpha value is -1.82. The first-order valence-electron chi connectivity index (χ1n) is 6.97. The van der Waals surface area contributed by atoms with Gasteiger partial charge in [-0.2, -0.15) is 13.2 Å². The molecule has 1 aromatic heterocycles. The molecule has 6 heteroatoms. The van der Waals surface area contributed by atoms with Crippen molar-refractivity contribution in [2.24, 2.45) is 0 Å². The fourth-order valence-corrected chi connectivity index (χ4v) is 2.16.